The lowest BCUT2D eigenvalue weighted by Gasteiger charge is -2.16. The number of rotatable bonds is 0. The highest BCUT2D eigenvalue weighted by Crippen LogP contribution is 2.25. The molecule has 0 aliphatic heterocycles. The summed E-state index contributed by atoms with van der Waals surface area (Å²) in [6.45, 7) is 8.56. The molecule has 10 heavy (non-hydrogen) atoms. The molecule has 0 bridgehead atoms. The van der Waals surface area contributed by atoms with E-state index in [0.29, 0.717) is 0 Å². The van der Waals surface area contributed by atoms with E-state index in [0.717, 1.165) is 5.76 Å². The highest BCUT2D eigenvalue weighted by molar-refractivity contribution is 5.23. The molecular weight excluding hydrogens is 124 g/mol. The van der Waals surface area contributed by atoms with Gasteiger partial charge in [0.25, 0.3) is 0 Å². The SMILES string of the molecule is Cc1occc1C(C)(C)C. The van der Waals surface area contributed by atoms with Crippen LogP contribution in [0.3, 0.4) is 0 Å². The first-order valence-electron chi connectivity index (χ1n) is 3.56. The third kappa shape index (κ3) is 1.23. The molecular formula is C9H14O. The van der Waals surface area contributed by atoms with Gasteiger partial charge in [-0.3, -0.25) is 0 Å². The molecule has 0 saturated carbocycles. The average Bonchev–Trinajstić information content (AvgIpc) is 2.11. The first-order valence-corrected chi connectivity index (χ1v) is 3.56. The Balaban J connectivity index is 3.05. The highest BCUT2D eigenvalue weighted by Gasteiger charge is 2.17. The van der Waals surface area contributed by atoms with Crippen LogP contribution in [0.25, 0.3) is 0 Å². The Kier molecular flexibility index (Phi) is 1.59. The second-order valence-corrected chi connectivity index (χ2v) is 3.64. The predicted molar refractivity (Wildman–Crippen MR) is 42.1 cm³/mol. The van der Waals surface area contributed by atoms with Crippen molar-refractivity contribution in [1.29, 1.82) is 0 Å². The van der Waals surface area contributed by atoms with Gasteiger partial charge in [0.05, 0.1) is 6.26 Å². The van der Waals surface area contributed by atoms with Gasteiger partial charge in [-0.05, 0) is 24.0 Å². The summed E-state index contributed by atoms with van der Waals surface area (Å²) < 4.78 is 5.19. The molecule has 0 spiro atoms. The summed E-state index contributed by atoms with van der Waals surface area (Å²) in [5, 5.41) is 0. The molecule has 0 unspecified atom stereocenters. The minimum atomic E-state index is 0.219. The van der Waals surface area contributed by atoms with Gasteiger partial charge in [0, 0.05) is 0 Å². The molecule has 1 aromatic heterocycles. The molecule has 0 aliphatic carbocycles. The van der Waals surface area contributed by atoms with E-state index in [2.05, 4.69) is 20.8 Å². The van der Waals surface area contributed by atoms with E-state index in [1.807, 2.05) is 13.0 Å². The van der Waals surface area contributed by atoms with Crippen LogP contribution >= 0.6 is 0 Å². The summed E-state index contributed by atoms with van der Waals surface area (Å²) in [5.74, 6) is 1.03. The molecule has 0 saturated heterocycles. The van der Waals surface area contributed by atoms with Crippen LogP contribution in [-0.4, -0.2) is 0 Å². The molecule has 0 amide bonds. The second kappa shape index (κ2) is 2.15. The number of aryl methyl sites for hydroxylation is 1. The average molecular weight is 138 g/mol. The molecule has 1 rings (SSSR count). The van der Waals surface area contributed by atoms with Gasteiger partial charge in [-0.15, -0.1) is 0 Å². The van der Waals surface area contributed by atoms with Gasteiger partial charge in [-0.2, -0.15) is 0 Å². The van der Waals surface area contributed by atoms with Crippen LogP contribution in [0, 0.1) is 6.92 Å². The van der Waals surface area contributed by atoms with E-state index in [4.69, 9.17) is 4.42 Å². The predicted octanol–water partition coefficient (Wildman–Crippen LogP) is 2.89. The van der Waals surface area contributed by atoms with Crippen molar-refractivity contribution in [2.45, 2.75) is 33.1 Å². The normalized spacial score (nSPS) is 12.0. The molecule has 0 aromatic carbocycles. The van der Waals surface area contributed by atoms with E-state index >= 15 is 0 Å². The van der Waals surface area contributed by atoms with Gasteiger partial charge in [-0.25, -0.2) is 0 Å². The Morgan fingerprint density at radius 2 is 1.90 bits per heavy atom. The zero-order valence-corrected chi connectivity index (χ0v) is 7.06. The van der Waals surface area contributed by atoms with Crippen LogP contribution in [0.1, 0.15) is 32.1 Å². The maximum Gasteiger partial charge on any atom is 0.104 e. The minimum absolute atomic E-state index is 0.219. The topological polar surface area (TPSA) is 13.1 Å². The fraction of sp³-hybridized carbons (Fsp3) is 0.556. The third-order valence-electron chi connectivity index (χ3n) is 1.67. The van der Waals surface area contributed by atoms with Crippen LogP contribution in [-0.2, 0) is 5.41 Å². The van der Waals surface area contributed by atoms with E-state index < -0.39 is 0 Å². The van der Waals surface area contributed by atoms with Crippen molar-refractivity contribution in [2.75, 3.05) is 0 Å². The molecule has 1 nitrogen and oxygen atoms in total. The van der Waals surface area contributed by atoms with Gasteiger partial charge < -0.3 is 4.42 Å². The summed E-state index contributed by atoms with van der Waals surface area (Å²) in [6, 6.07) is 2.04. The van der Waals surface area contributed by atoms with E-state index in [1.165, 1.54) is 5.56 Å². The van der Waals surface area contributed by atoms with Crippen molar-refractivity contribution in [3.05, 3.63) is 23.7 Å². The van der Waals surface area contributed by atoms with Gasteiger partial charge in [-0.1, -0.05) is 20.8 Å². The van der Waals surface area contributed by atoms with Crippen LogP contribution in [0.15, 0.2) is 16.7 Å². The highest BCUT2D eigenvalue weighted by atomic mass is 16.3. The molecule has 0 fully saturated rings. The van der Waals surface area contributed by atoms with Crippen molar-refractivity contribution in [3.8, 4) is 0 Å². The molecule has 0 N–H and O–H groups in total. The Hall–Kier alpha value is -0.720. The fourth-order valence-electron chi connectivity index (χ4n) is 1.16. The molecule has 56 valence electrons. The van der Waals surface area contributed by atoms with E-state index in [1.54, 1.807) is 6.26 Å². The summed E-state index contributed by atoms with van der Waals surface area (Å²) in [6.07, 6.45) is 1.75. The lowest BCUT2D eigenvalue weighted by atomic mass is 9.87. The lowest BCUT2D eigenvalue weighted by molar-refractivity contribution is 0.506. The summed E-state index contributed by atoms with van der Waals surface area (Å²) in [7, 11) is 0. The van der Waals surface area contributed by atoms with Crippen LogP contribution in [0.4, 0.5) is 0 Å². The molecule has 1 aromatic rings. The standard InChI is InChI=1S/C9H14O/c1-7-8(5-6-10-7)9(2,3)4/h5-6H,1-4H3. The quantitative estimate of drug-likeness (QED) is 0.537. The monoisotopic (exact) mass is 138 g/mol. The summed E-state index contributed by atoms with van der Waals surface area (Å²) in [4.78, 5) is 0. The van der Waals surface area contributed by atoms with Crippen molar-refractivity contribution in [1.82, 2.24) is 0 Å². The third-order valence-corrected chi connectivity index (χ3v) is 1.67. The van der Waals surface area contributed by atoms with Gasteiger partial charge in [0.1, 0.15) is 5.76 Å². The molecule has 1 heteroatoms. The molecule has 0 aliphatic rings. The lowest BCUT2D eigenvalue weighted by Crippen LogP contribution is -2.10. The Labute approximate surface area is 62.1 Å². The number of hydrogen-bond donors (Lipinski definition) is 0. The van der Waals surface area contributed by atoms with Crippen molar-refractivity contribution < 1.29 is 4.42 Å². The van der Waals surface area contributed by atoms with Gasteiger partial charge in [0.15, 0.2) is 0 Å². The van der Waals surface area contributed by atoms with Crippen molar-refractivity contribution in [3.63, 3.8) is 0 Å². The summed E-state index contributed by atoms with van der Waals surface area (Å²) >= 11 is 0. The number of furan rings is 1. The molecule has 1 heterocycles. The van der Waals surface area contributed by atoms with E-state index in [-0.39, 0.29) is 5.41 Å². The Morgan fingerprint density at radius 3 is 2.10 bits per heavy atom. The first-order chi connectivity index (χ1) is 4.52. The number of hydrogen-bond acceptors (Lipinski definition) is 1. The maximum absolute atomic E-state index is 5.19. The van der Waals surface area contributed by atoms with Crippen LogP contribution < -0.4 is 0 Å². The van der Waals surface area contributed by atoms with Crippen LogP contribution in [0.5, 0.6) is 0 Å². The smallest absolute Gasteiger partial charge is 0.104 e. The Bertz CT molecular complexity index is 215. The van der Waals surface area contributed by atoms with Gasteiger partial charge in [0.2, 0.25) is 0 Å². The first kappa shape index (κ1) is 7.39. The van der Waals surface area contributed by atoms with Crippen molar-refractivity contribution in [2.24, 2.45) is 0 Å². The largest absolute Gasteiger partial charge is 0.469 e. The Morgan fingerprint density at radius 1 is 1.30 bits per heavy atom. The summed E-state index contributed by atoms with van der Waals surface area (Å²) in [5.41, 5.74) is 1.52. The minimum Gasteiger partial charge on any atom is -0.469 e. The van der Waals surface area contributed by atoms with Crippen LogP contribution in [0.2, 0.25) is 0 Å². The second-order valence-electron chi connectivity index (χ2n) is 3.64. The molecule has 0 atom stereocenters. The molecule has 0 radical (unpaired) electrons. The van der Waals surface area contributed by atoms with Crippen molar-refractivity contribution >= 4 is 0 Å². The fourth-order valence-corrected chi connectivity index (χ4v) is 1.16. The van der Waals surface area contributed by atoms with E-state index in [9.17, 15) is 0 Å². The maximum atomic E-state index is 5.19. The van der Waals surface area contributed by atoms with Gasteiger partial charge >= 0.3 is 0 Å². The zero-order chi connectivity index (χ0) is 7.78. The zero-order valence-electron chi connectivity index (χ0n) is 7.06.